The number of benzene rings is 3. The standard InChI is InChI=1S/C23H18F3N3OS/c1-2-14-12-16(9-11-20(14)31-27)21-28-22(30-29-21)17-8-10-18(15-6-4-3-5-7-15)19(13-17)23(24,25)26/h3-13H,2,27H2,1H3. The first-order valence-corrected chi connectivity index (χ1v) is 10.4. The average Bonchev–Trinajstić information content (AvgIpc) is 3.28. The molecule has 0 aliphatic rings. The molecule has 0 bridgehead atoms. The minimum absolute atomic E-state index is 0.0236. The highest BCUT2D eigenvalue weighted by Crippen LogP contribution is 2.39. The van der Waals surface area contributed by atoms with Crippen molar-refractivity contribution in [3.8, 4) is 34.0 Å². The number of alkyl halides is 3. The van der Waals surface area contributed by atoms with Crippen molar-refractivity contribution in [2.45, 2.75) is 24.4 Å². The Morgan fingerprint density at radius 1 is 0.935 bits per heavy atom. The Balaban J connectivity index is 1.74. The highest BCUT2D eigenvalue weighted by molar-refractivity contribution is 7.97. The summed E-state index contributed by atoms with van der Waals surface area (Å²) in [6.45, 7) is 2.01. The van der Waals surface area contributed by atoms with Crippen molar-refractivity contribution in [2.24, 2.45) is 5.14 Å². The molecule has 0 unspecified atom stereocenters. The van der Waals surface area contributed by atoms with Gasteiger partial charge in [0.15, 0.2) is 0 Å². The molecule has 4 nitrogen and oxygen atoms in total. The van der Waals surface area contributed by atoms with Crippen molar-refractivity contribution < 1.29 is 17.7 Å². The van der Waals surface area contributed by atoms with Gasteiger partial charge in [0.25, 0.3) is 5.89 Å². The highest BCUT2D eigenvalue weighted by atomic mass is 32.2. The first-order chi connectivity index (χ1) is 14.9. The summed E-state index contributed by atoms with van der Waals surface area (Å²) in [6.07, 6.45) is -3.76. The fraction of sp³-hybridized carbons (Fsp3) is 0.130. The lowest BCUT2D eigenvalue weighted by atomic mass is 9.97. The van der Waals surface area contributed by atoms with Gasteiger partial charge in [-0.15, -0.1) is 0 Å². The van der Waals surface area contributed by atoms with Crippen molar-refractivity contribution >= 4 is 11.9 Å². The van der Waals surface area contributed by atoms with Gasteiger partial charge in [-0.05, 0) is 65.4 Å². The zero-order valence-electron chi connectivity index (χ0n) is 16.5. The largest absolute Gasteiger partial charge is 0.417 e. The van der Waals surface area contributed by atoms with E-state index in [1.165, 1.54) is 6.07 Å². The van der Waals surface area contributed by atoms with Gasteiger partial charge in [0, 0.05) is 16.0 Å². The lowest BCUT2D eigenvalue weighted by Gasteiger charge is -2.14. The van der Waals surface area contributed by atoms with Crippen LogP contribution in [0.2, 0.25) is 0 Å². The van der Waals surface area contributed by atoms with Crippen LogP contribution < -0.4 is 5.14 Å². The lowest BCUT2D eigenvalue weighted by molar-refractivity contribution is -0.137. The molecular weight excluding hydrogens is 423 g/mol. The molecule has 158 valence electrons. The van der Waals surface area contributed by atoms with E-state index in [1.807, 2.05) is 25.1 Å². The Kier molecular flexibility index (Phi) is 5.84. The molecule has 1 heterocycles. The van der Waals surface area contributed by atoms with E-state index in [2.05, 4.69) is 10.1 Å². The highest BCUT2D eigenvalue weighted by Gasteiger charge is 2.34. The van der Waals surface area contributed by atoms with Gasteiger partial charge in [0.2, 0.25) is 5.82 Å². The van der Waals surface area contributed by atoms with E-state index in [0.29, 0.717) is 17.0 Å². The molecule has 0 radical (unpaired) electrons. The Morgan fingerprint density at radius 3 is 2.35 bits per heavy atom. The normalized spacial score (nSPS) is 11.6. The van der Waals surface area contributed by atoms with Gasteiger partial charge < -0.3 is 4.52 Å². The van der Waals surface area contributed by atoms with Gasteiger partial charge in [-0.25, -0.2) is 0 Å². The number of rotatable bonds is 5. The first-order valence-electron chi connectivity index (χ1n) is 9.51. The Morgan fingerprint density at radius 2 is 1.68 bits per heavy atom. The fourth-order valence-corrected chi connectivity index (χ4v) is 3.85. The van der Waals surface area contributed by atoms with Crippen molar-refractivity contribution in [1.29, 1.82) is 0 Å². The number of nitrogens with zero attached hydrogens (tertiary/aromatic N) is 2. The van der Waals surface area contributed by atoms with Crippen molar-refractivity contribution in [3.63, 3.8) is 0 Å². The van der Waals surface area contributed by atoms with Crippen LogP contribution in [0.4, 0.5) is 13.2 Å². The molecule has 0 saturated heterocycles. The summed E-state index contributed by atoms with van der Waals surface area (Å²) >= 11 is 1.16. The van der Waals surface area contributed by atoms with Crippen LogP contribution in [0.15, 0.2) is 76.1 Å². The molecule has 0 fully saturated rings. The second kappa shape index (κ2) is 8.56. The first kappa shape index (κ1) is 21.1. The fourth-order valence-electron chi connectivity index (χ4n) is 3.35. The second-order valence-corrected chi connectivity index (χ2v) is 7.52. The lowest BCUT2D eigenvalue weighted by Crippen LogP contribution is -2.07. The monoisotopic (exact) mass is 441 g/mol. The molecule has 2 N–H and O–H groups in total. The minimum Gasteiger partial charge on any atom is -0.334 e. The van der Waals surface area contributed by atoms with Crippen LogP contribution in [-0.4, -0.2) is 10.1 Å². The quantitative estimate of drug-likeness (QED) is 0.353. The van der Waals surface area contributed by atoms with E-state index in [4.69, 9.17) is 9.66 Å². The van der Waals surface area contributed by atoms with Crippen molar-refractivity contribution in [2.75, 3.05) is 0 Å². The summed E-state index contributed by atoms with van der Waals surface area (Å²) in [5.41, 5.74) is 1.77. The summed E-state index contributed by atoms with van der Waals surface area (Å²) in [5.74, 6) is 0.328. The molecule has 3 aromatic carbocycles. The third-order valence-corrected chi connectivity index (χ3v) is 5.56. The molecular formula is C23H18F3N3OS. The van der Waals surface area contributed by atoms with Crippen LogP contribution in [0.3, 0.4) is 0 Å². The smallest absolute Gasteiger partial charge is 0.334 e. The maximum absolute atomic E-state index is 13.8. The predicted octanol–water partition coefficient (Wildman–Crippen LogP) is 6.62. The van der Waals surface area contributed by atoms with E-state index < -0.39 is 11.7 Å². The van der Waals surface area contributed by atoms with Crippen molar-refractivity contribution in [1.82, 2.24) is 10.1 Å². The SMILES string of the molecule is CCc1cc(-c2noc(-c3ccc(-c4ccccc4)c(C(F)(F)F)c3)n2)ccc1SN. The summed E-state index contributed by atoms with van der Waals surface area (Å²) in [6, 6.07) is 18.1. The van der Waals surface area contributed by atoms with E-state index in [-0.39, 0.29) is 17.0 Å². The van der Waals surface area contributed by atoms with Crippen LogP contribution >= 0.6 is 11.9 Å². The number of nitrogens with two attached hydrogens (primary N) is 1. The maximum atomic E-state index is 13.8. The summed E-state index contributed by atoms with van der Waals surface area (Å²) in [7, 11) is 0. The minimum atomic E-state index is -4.53. The Hall–Kier alpha value is -3.10. The Labute approximate surface area is 181 Å². The molecule has 1 aromatic heterocycles. The summed E-state index contributed by atoms with van der Waals surface area (Å²) < 4.78 is 46.6. The van der Waals surface area contributed by atoms with Crippen LogP contribution in [-0.2, 0) is 12.6 Å². The van der Waals surface area contributed by atoms with Gasteiger partial charge >= 0.3 is 6.18 Å². The molecule has 0 saturated carbocycles. The average molecular weight is 441 g/mol. The molecule has 0 aliphatic heterocycles. The third kappa shape index (κ3) is 4.35. The number of aryl methyl sites for hydroxylation is 1. The van der Waals surface area contributed by atoms with Crippen LogP contribution in [0.25, 0.3) is 34.0 Å². The van der Waals surface area contributed by atoms with Gasteiger partial charge in [-0.2, -0.15) is 18.2 Å². The number of hydrogen-bond donors (Lipinski definition) is 1. The molecule has 0 aliphatic carbocycles. The molecule has 0 atom stereocenters. The molecule has 8 heteroatoms. The number of halogens is 3. The van der Waals surface area contributed by atoms with Crippen LogP contribution in [0.5, 0.6) is 0 Å². The zero-order chi connectivity index (χ0) is 22.0. The predicted molar refractivity (Wildman–Crippen MR) is 115 cm³/mol. The second-order valence-electron chi connectivity index (χ2n) is 6.84. The molecule has 0 amide bonds. The van der Waals surface area contributed by atoms with Gasteiger partial charge in [-0.3, -0.25) is 5.14 Å². The summed E-state index contributed by atoms with van der Waals surface area (Å²) in [5, 5.41) is 9.63. The van der Waals surface area contributed by atoms with Gasteiger partial charge in [-0.1, -0.05) is 48.5 Å². The zero-order valence-corrected chi connectivity index (χ0v) is 17.3. The van der Waals surface area contributed by atoms with Crippen LogP contribution in [0, 0.1) is 0 Å². The molecule has 4 rings (SSSR count). The van der Waals surface area contributed by atoms with E-state index in [9.17, 15) is 13.2 Å². The van der Waals surface area contributed by atoms with Crippen molar-refractivity contribution in [3.05, 3.63) is 77.9 Å². The Bertz CT molecular complexity index is 1210. The number of hydrogen-bond acceptors (Lipinski definition) is 5. The number of aromatic nitrogens is 2. The van der Waals surface area contributed by atoms with E-state index in [1.54, 1.807) is 36.4 Å². The molecule has 0 spiro atoms. The van der Waals surface area contributed by atoms with E-state index >= 15 is 0 Å². The van der Waals surface area contributed by atoms with Gasteiger partial charge in [0.05, 0.1) is 5.56 Å². The van der Waals surface area contributed by atoms with E-state index in [0.717, 1.165) is 34.9 Å². The maximum Gasteiger partial charge on any atom is 0.417 e. The molecule has 4 aromatic rings. The molecule has 31 heavy (non-hydrogen) atoms. The topological polar surface area (TPSA) is 64.9 Å². The third-order valence-electron chi connectivity index (χ3n) is 4.91. The van der Waals surface area contributed by atoms with Gasteiger partial charge in [0.1, 0.15) is 0 Å². The summed E-state index contributed by atoms with van der Waals surface area (Å²) in [4.78, 5) is 5.27. The van der Waals surface area contributed by atoms with Crippen LogP contribution in [0.1, 0.15) is 18.1 Å².